The van der Waals surface area contributed by atoms with Gasteiger partial charge in [-0.3, -0.25) is 4.79 Å². The van der Waals surface area contributed by atoms with E-state index in [0.29, 0.717) is 5.56 Å². The van der Waals surface area contributed by atoms with E-state index in [2.05, 4.69) is 10.6 Å². The number of carbonyl (C=O) groups excluding carboxylic acids is 2. The van der Waals surface area contributed by atoms with Crippen molar-refractivity contribution in [2.24, 2.45) is 0 Å². The van der Waals surface area contributed by atoms with E-state index in [-0.39, 0.29) is 31.2 Å². The van der Waals surface area contributed by atoms with Crippen LogP contribution >= 0.6 is 0 Å². The van der Waals surface area contributed by atoms with E-state index < -0.39 is 11.7 Å². The number of ether oxygens (including phenoxy) is 1. The molecule has 0 spiro atoms. The van der Waals surface area contributed by atoms with Gasteiger partial charge in [0.15, 0.2) is 0 Å². The van der Waals surface area contributed by atoms with Crippen molar-refractivity contribution in [3.63, 3.8) is 0 Å². The molecule has 5 nitrogen and oxygen atoms in total. The minimum atomic E-state index is -0.566. The lowest BCUT2D eigenvalue weighted by Gasteiger charge is -2.19. The Labute approximate surface area is 123 Å². The lowest BCUT2D eigenvalue weighted by atomic mass is 10.2. The van der Waals surface area contributed by atoms with Gasteiger partial charge in [0.2, 0.25) is 5.91 Å². The highest BCUT2D eigenvalue weighted by atomic mass is 19.1. The van der Waals surface area contributed by atoms with Gasteiger partial charge >= 0.3 is 6.09 Å². The van der Waals surface area contributed by atoms with Gasteiger partial charge < -0.3 is 15.4 Å². The number of rotatable bonds is 5. The highest BCUT2D eigenvalue weighted by molar-refractivity contribution is 5.77. The summed E-state index contributed by atoms with van der Waals surface area (Å²) in [4.78, 5) is 22.9. The molecule has 0 aliphatic rings. The van der Waals surface area contributed by atoms with Gasteiger partial charge in [0.05, 0.1) is 0 Å². The molecule has 2 N–H and O–H groups in total. The van der Waals surface area contributed by atoms with Crippen LogP contribution in [0.25, 0.3) is 0 Å². The zero-order valence-electron chi connectivity index (χ0n) is 12.5. The smallest absolute Gasteiger partial charge is 0.407 e. The first-order valence-electron chi connectivity index (χ1n) is 6.74. The van der Waals surface area contributed by atoms with Gasteiger partial charge in [-0.2, -0.15) is 0 Å². The Kier molecular flexibility index (Phi) is 6.14. The van der Waals surface area contributed by atoms with Crippen molar-refractivity contribution >= 4 is 12.0 Å². The maximum Gasteiger partial charge on any atom is 0.407 e. The van der Waals surface area contributed by atoms with E-state index >= 15 is 0 Å². The van der Waals surface area contributed by atoms with Crippen LogP contribution in [0.5, 0.6) is 0 Å². The van der Waals surface area contributed by atoms with Crippen molar-refractivity contribution in [1.82, 2.24) is 10.6 Å². The third kappa shape index (κ3) is 7.91. The molecule has 0 saturated heterocycles. The van der Waals surface area contributed by atoms with Crippen molar-refractivity contribution in [3.05, 3.63) is 35.6 Å². The third-order valence-electron chi connectivity index (χ3n) is 2.40. The van der Waals surface area contributed by atoms with Gasteiger partial charge in [-0.15, -0.1) is 0 Å². The van der Waals surface area contributed by atoms with Crippen LogP contribution in [0.15, 0.2) is 24.3 Å². The standard InChI is InChI=1S/C15H21FN2O3/c1-15(2,3)21-14(20)17-8-7-13(19)18-10-11-5-4-6-12(16)9-11/h4-6,9H,7-8,10H2,1-3H3,(H,17,20)(H,18,19). The average Bonchev–Trinajstić information content (AvgIpc) is 2.34. The molecule has 0 aliphatic carbocycles. The Bertz CT molecular complexity index is 498. The minimum Gasteiger partial charge on any atom is -0.444 e. The molecular formula is C15H21FN2O3. The summed E-state index contributed by atoms with van der Waals surface area (Å²) < 4.78 is 18.0. The van der Waals surface area contributed by atoms with Crippen LogP contribution in [0.1, 0.15) is 32.8 Å². The number of amides is 2. The molecule has 0 saturated carbocycles. The number of hydrogen-bond donors (Lipinski definition) is 2. The molecular weight excluding hydrogens is 275 g/mol. The van der Waals surface area contributed by atoms with Gasteiger partial charge in [-0.05, 0) is 38.5 Å². The van der Waals surface area contributed by atoms with Crippen LogP contribution in [0.4, 0.5) is 9.18 Å². The topological polar surface area (TPSA) is 67.4 Å². The molecule has 2 amide bonds. The molecule has 116 valence electrons. The number of halogens is 1. The van der Waals surface area contributed by atoms with E-state index in [1.54, 1.807) is 32.9 Å². The summed E-state index contributed by atoms with van der Waals surface area (Å²) in [6, 6.07) is 6.01. The van der Waals surface area contributed by atoms with Crippen molar-refractivity contribution in [1.29, 1.82) is 0 Å². The predicted octanol–water partition coefficient (Wildman–Crippen LogP) is 2.36. The molecule has 0 atom stereocenters. The fourth-order valence-electron chi connectivity index (χ4n) is 1.53. The molecule has 1 aromatic carbocycles. The molecule has 6 heteroatoms. The first kappa shape index (κ1) is 16.9. The van der Waals surface area contributed by atoms with Crippen molar-refractivity contribution < 1.29 is 18.7 Å². The molecule has 0 unspecified atom stereocenters. The van der Waals surface area contributed by atoms with E-state index in [0.717, 1.165) is 0 Å². The number of hydrogen-bond acceptors (Lipinski definition) is 3. The zero-order valence-corrected chi connectivity index (χ0v) is 12.5. The summed E-state index contributed by atoms with van der Waals surface area (Å²) in [6.07, 6.45) is -0.422. The lowest BCUT2D eigenvalue weighted by molar-refractivity contribution is -0.121. The Morgan fingerprint density at radius 2 is 1.95 bits per heavy atom. The summed E-state index contributed by atoms with van der Waals surface area (Å²) in [5.74, 6) is -0.566. The third-order valence-corrected chi connectivity index (χ3v) is 2.40. The second kappa shape index (κ2) is 7.61. The van der Waals surface area contributed by atoms with Crippen LogP contribution < -0.4 is 10.6 Å². The second-order valence-electron chi connectivity index (χ2n) is 5.59. The number of nitrogens with one attached hydrogen (secondary N) is 2. The fourth-order valence-corrected chi connectivity index (χ4v) is 1.53. The molecule has 0 bridgehead atoms. The number of benzene rings is 1. The molecule has 0 fully saturated rings. The number of carbonyl (C=O) groups is 2. The van der Waals surface area contributed by atoms with Gasteiger partial charge in [0.25, 0.3) is 0 Å². The average molecular weight is 296 g/mol. The highest BCUT2D eigenvalue weighted by Crippen LogP contribution is 2.06. The monoisotopic (exact) mass is 296 g/mol. The van der Waals surface area contributed by atoms with E-state index in [1.807, 2.05) is 0 Å². The quantitative estimate of drug-likeness (QED) is 0.876. The Hall–Kier alpha value is -2.11. The van der Waals surface area contributed by atoms with E-state index in [9.17, 15) is 14.0 Å². The first-order valence-corrected chi connectivity index (χ1v) is 6.74. The normalized spacial score (nSPS) is 10.9. The van der Waals surface area contributed by atoms with E-state index in [4.69, 9.17) is 4.74 Å². The van der Waals surface area contributed by atoms with Crippen LogP contribution in [0, 0.1) is 5.82 Å². The van der Waals surface area contributed by atoms with Crippen molar-refractivity contribution in [2.45, 2.75) is 39.3 Å². The SMILES string of the molecule is CC(C)(C)OC(=O)NCCC(=O)NCc1cccc(F)c1. The van der Waals surface area contributed by atoms with Gasteiger partial charge in [0.1, 0.15) is 11.4 Å². The van der Waals surface area contributed by atoms with E-state index in [1.165, 1.54) is 12.1 Å². The Morgan fingerprint density at radius 3 is 2.57 bits per heavy atom. The first-order chi connectivity index (χ1) is 9.76. The van der Waals surface area contributed by atoms with Crippen LogP contribution in [0.2, 0.25) is 0 Å². The van der Waals surface area contributed by atoms with Crippen LogP contribution in [-0.4, -0.2) is 24.1 Å². The highest BCUT2D eigenvalue weighted by Gasteiger charge is 2.15. The summed E-state index contributed by atoms with van der Waals surface area (Å²) in [7, 11) is 0. The molecule has 0 radical (unpaired) electrons. The summed E-state index contributed by atoms with van der Waals surface area (Å²) in [6.45, 7) is 5.72. The Morgan fingerprint density at radius 1 is 1.24 bits per heavy atom. The predicted molar refractivity (Wildman–Crippen MR) is 77.1 cm³/mol. The van der Waals surface area contributed by atoms with Crippen molar-refractivity contribution in [2.75, 3.05) is 6.54 Å². The molecule has 0 aliphatic heterocycles. The van der Waals surface area contributed by atoms with Gasteiger partial charge in [-0.1, -0.05) is 12.1 Å². The van der Waals surface area contributed by atoms with Crippen LogP contribution in [0.3, 0.4) is 0 Å². The van der Waals surface area contributed by atoms with Gasteiger partial charge in [-0.25, -0.2) is 9.18 Å². The maximum atomic E-state index is 12.9. The largest absolute Gasteiger partial charge is 0.444 e. The minimum absolute atomic E-state index is 0.133. The van der Waals surface area contributed by atoms with Crippen molar-refractivity contribution in [3.8, 4) is 0 Å². The maximum absolute atomic E-state index is 12.9. The zero-order chi connectivity index (χ0) is 15.9. The summed E-state index contributed by atoms with van der Waals surface area (Å²) in [5, 5.41) is 5.15. The van der Waals surface area contributed by atoms with Gasteiger partial charge in [0, 0.05) is 19.5 Å². The summed E-state index contributed by atoms with van der Waals surface area (Å²) in [5.41, 5.74) is 0.118. The van der Waals surface area contributed by atoms with Crippen LogP contribution in [-0.2, 0) is 16.1 Å². The second-order valence-corrected chi connectivity index (χ2v) is 5.59. The molecule has 21 heavy (non-hydrogen) atoms. The number of alkyl carbamates (subject to hydrolysis) is 1. The molecule has 0 heterocycles. The molecule has 0 aromatic heterocycles. The fraction of sp³-hybridized carbons (Fsp3) is 0.467. The lowest BCUT2D eigenvalue weighted by Crippen LogP contribution is -2.35. The Balaban J connectivity index is 2.21. The molecule has 1 rings (SSSR count). The summed E-state index contributed by atoms with van der Waals surface area (Å²) >= 11 is 0. The molecule has 1 aromatic rings.